The normalized spacial score (nSPS) is 35.4. The fraction of sp³-hybridized carbons (Fsp3) is 0.647. The van der Waals surface area contributed by atoms with Crippen molar-refractivity contribution in [2.45, 2.75) is 63.5 Å². The summed E-state index contributed by atoms with van der Waals surface area (Å²) in [6.45, 7) is 2.34. The number of hydrogen-bond acceptors (Lipinski definition) is 1. The Labute approximate surface area is 111 Å². The third-order valence-electron chi connectivity index (χ3n) is 4.89. The molecule has 0 unspecified atom stereocenters. The minimum absolute atomic E-state index is 0.760. The Bertz CT molecular complexity index is 364. The lowest BCUT2D eigenvalue weighted by atomic mass is 9.84. The number of hydrogen-bond donors (Lipinski definition) is 1. The molecule has 0 heterocycles. The van der Waals surface area contributed by atoms with Crippen molar-refractivity contribution in [1.82, 2.24) is 5.32 Å². The number of nitrogens with one attached hydrogen (secondary N) is 1. The van der Waals surface area contributed by atoms with Crippen LogP contribution in [-0.2, 0) is 0 Å². The zero-order chi connectivity index (χ0) is 12.4. The molecule has 2 saturated carbocycles. The smallest absolute Gasteiger partial charge is 0.0145 e. The van der Waals surface area contributed by atoms with E-state index in [2.05, 4.69) is 42.6 Å². The van der Waals surface area contributed by atoms with Crippen molar-refractivity contribution in [3.63, 3.8) is 0 Å². The van der Waals surface area contributed by atoms with Crippen molar-refractivity contribution in [2.24, 2.45) is 5.92 Å². The molecule has 2 atom stereocenters. The topological polar surface area (TPSA) is 12.0 Å². The van der Waals surface area contributed by atoms with Gasteiger partial charge in [0.05, 0.1) is 0 Å². The van der Waals surface area contributed by atoms with Gasteiger partial charge in [0.15, 0.2) is 0 Å². The molecule has 0 spiro atoms. The molecular weight excluding hydrogens is 218 g/mol. The van der Waals surface area contributed by atoms with Crippen molar-refractivity contribution in [2.75, 3.05) is 0 Å². The van der Waals surface area contributed by atoms with E-state index in [0.717, 1.165) is 23.9 Å². The Morgan fingerprint density at radius 2 is 1.78 bits per heavy atom. The van der Waals surface area contributed by atoms with Crippen LogP contribution in [0.15, 0.2) is 30.3 Å². The number of benzene rings is 1. The summed E-state index contributed by atoms with van der Waals surface area (Å²) in [4.78, 5) is 0. The molecule has 0 aromatic heterocycles. The molecule has 1 aromatic rings. The van der Waals surface area contributed by atoms with Gasteiger partial charge in [-0.2, -0.15) is 0 Å². The van der Waals surface area contributed by atoms with Crippen molar-refractivity contribution in [1.29, 1.82) is 0 Å². The van der Waals surface area contributed by atoms with Crippen LogP contribution < -0.4 is 5.32 Å². The summed E-state index contributed by atoms with van der Waals surface area (Å²) in [6, 6.07) is 12.6. The van der Waals surface area contributed by atoms with Crippen LogP contribution in [0.3, 0.4) is 0 Å². The first-order valence-corrected chi connectivity index (χ1v) is 7.67. The Morgan fingerprint density at radius 3 is 2.44 bits per heavy atom. The van der Waals surface area contributed by atoms with Gasteiger partial charge in [-0.25, -0.2) is 0 Å². The van der Waals surface area contributed by atoms with Gasteiger partial charge in [0.25, 0.3) is 0 Å². The molecule has 0 amide bonds. The minimum atomic E-state index is 0.760. The lowest BCUT2D eigenvalue weighted by Crippen LogP contribution is -2.35. The highest BCUT2D eigenvalue weighted by atomic mass is 15.0. The highest BCUT2D eigenvalue weighted by Gasteiger charge is 2.39. The summed E-state index contributed by atoms with van der Waals surface area (Å²) >= 11 is 0. The van der Waals surface area contributed by atoms with Crippen LogP contribution in [0.25, 0.3) is 0 Å². The summed E-state index contributed by atoms with van der Waals surface area (Å²) in [5, 5.41) is 3.89. The maximum atomic E-state index is 3.89. The van der Waals surface area contributed by atoms with Crippen molar-refractivity contribution in [3.8, 4) is 0 Å². The molecule has 0 saturated heterocycles. The predicted molar refractivity (Wildman–Crippen MR) is 76.8 cm³/mol. The van der Waals surface area contributed by atoms with Crippen molar-refractivity contribution < 1.29 is 0 Å². The minimum Gasteiger partial charge on any atom is -0.311 e. The Morgan fingerprint density at radius 1 is 1.06 bits per heavy atom. The van der Waals surface area contributed by atoms with E-state index in [4.69, 9.17) is 0 Å². The SMILES string of the molecule is CCC1CCC(N[C@H]2C[C@@H]2c2ccccc2)CC1. The monoisotopic (exact) mass is 243 g/mol. The second-order valence-corrected chi connectivity index (χ2v) is 6.15. The maximum Gasteiger partial charge on any atom is 0.0145 e. The van der Waals surface area contributed by atoms with E-state index in [1.807, 2.05) is 0 Å². The maximum absolute atomic E-state index is 3.89. The van der Waals surface area contributed by atoms with Gasteiger partial charge < -0.3 is 5.32 Å². The van der Waals surface area contributed by atoms with E-state index < -0.39 is 0 Å². The molecule has 0 radical (unpaired) electrons. The Hall–Kier alpha value is -0.820. The van der Waals surface area contributed by atoms with Gasteiger partial charge in [-0.1, -0.05) is 43.7 Å². The average molecular weight is 243 g/mol. The van der Waals surface area contributed by atoms with Gasteiger partial charge >= 0.3 is 0 Å². The molecule has 1 heteroatoms. The molecule has 0 bridgehead atoms. The van der Waals surface area contributed by atoms with Crippen LogP contribution >= 0.6 is 0 Å². The fourth-order valence-corrected chi connectivity index (χ4v) is 3.49. The highest BCUT2D eigenvalue weighted by molar-refractivity contribution is 5.27. The van der Waals surface area contributed by atoms with Crippen molar-refractivity contribution in [3.05, 3.63) is 35.9 Å². The van der Waals surface area contributed by atoms with E-state index in [-0.39, 0.29) is 0 Å². The summed E-state index contributed by atoms with van der Waals surface area (Å²) < 4.78 is 0. The zero-order valence-electron chi connectivity index (χ0n) is 11.4. The van der Waals surface area contributed by atoms with E-state index in [0.29, 0.717) is 0 Å². The predicted octanol–water partition coefficient (Wildman–Crippen LogP) is 4.10. The molecular formula is C17H25N. The van der Waals surface area contributed by atoms with E-state index in [1.165, 1.54) is 44.1 Å². The highest BCUT2D eigenvalue weighted by Crippen LogP contribution is 2.41. The second kappa shape index (κ2) is 5.44. The molecule has 2 aliphatic rings. The molecule has 1 aromatic carbocycles. The van der Waals surface area contributed by atoms with Crippen molar-refractivity contribution >= 4 is 0 Å². The van der Waals surface area contributed by atoms with Crippen LogP contribution in [0.1, 0.15) is 56.9 Å². The molecule has 2 aliphatic carbocycles. The van der Waals surface area contributed by atoms with E-state index >= 15 is 0 Å². The average Bonchev–Trinajstić information content (AvgIpc) is 3.20. The summed E-state index contributed by atoms with van der Waals surface area (Å²) in [5.74, 6) is 1.79. The molecule has 0 aliphatic heterocycles. The molecule has 1 N–H and O–H groups in total. The largest absolute Gasteiger partial charge is 0.311 e. The third kappa shape index (κ3) is 2.77. The molecule has 1 nitrogen and oxygen atoms in total. The fourth-order valence-electron chi connectivity index (χ4n) is 3.49. The van der Waals surface area contributed by atoms with Crippen LogP contribution in [0, 0.1) is 5.92 Å². The van der Waals surface area contributed by atoms with Gasteiger partial charge in [0.1, 0.15) is 0 Å². The Balaban J connectivity index is 1.46. The van der Waals surface area contributed by atoms with Gasteiger partial charge in [-0.05, 0) is 43.6 Å². The van der Waals surface area contributed by atoms with Gasteiger partial charge in [-0.15, -0.1) is 0 Å². The molecule has 18 heavy (non-hydrogen) atoms. The third-order valence-corrected chi connectivity index (χ3v) is 4.89. The van der Waals surface area contributed by atoms with Gasteiger partial charge in [0, 0.05) is 18.0 Å². The first-order valence-electron chi connectivity index (χ1n) is 7.67. The number of rotatable bonds is 4. The lowest BCUT2D eigenvalue weighted by Gasteiger charge is -2.28. The first-order chi connectivity index (χ1) is 8.86. The summed E-state index contributed by atoms with van der Waals surface area (Å²) in [6.07, 6.45) is 8.40. The molecule has 2 fully saturated rings. The quantitative estimate of drug-likeness (QED) is 0.839. The first kappa shape index (κ1) is 12.2. The second-order valence-electron chi connectivity index (χ2n) is 6.15. The van der Waals surface area contributed by atoms with Crippen LogP contribution in [0.5, 0.6) is 0 Å². The van der Waals surface area contributed by atoms with Crippen LogP contribution in [0.2, 0.25) is 0 Å². The van der Waals surface area contributed by atoms with Crippen LogP contribution in [0.4, 0.5) is 0 Å². The lowest BCUT2D eigenvalue weighted by molar-refractivity contribution is 0.284. The van der Waals surface area contributed by atoms with E-state index in [1.54, 1.807) is 0 Å². The summed E-state index contributed by atoms with van der Waals surface area (Å²) in [7, 11) is 0. The molecule has 3 rings (SSSR count). The van der Waals surface area contributed by atoms with E-state index in [9.17, 15) is 0 Å². The van der Waals surface area contributed by atoms with Gasteiger partial charge in [-0.3, -0.25) is 0 Å². The van der Waals surface area contributed by atoms with Crippen LogP contribution in [-0.4, -0.2) is 12.1 Å². The summed E-state index contributed by atoms with van der Waals surface area (Å²) in [5.41, 5.74) is 1.53. The van der Waals surface area contributed by atoms with Gasteiger partial charge in [0.2, 0.25) is 0 Å². The Kier molecular flexibility index (Phi) is 3.69. The zero-order valence-corrected chi connectivity index (χ0v) is 11.4. The standard InChI is InChI=1S/C17H25N/c1-2-13-8-10-15(11-9-13)18-17-12-16(17)14-6-4-3-5-7-14/h3-7,13,15-18H,2,8-12H2,1H3/t13?,15?,16-,17+/m1/s1. The molecule has 98 valence electrons.